The van der Waals surface area contributed by atoms with E-state index in [4.69, 9.17) is 4.74 Å². The van der Waals surface area contributed by atoms with Crippen molar-refractivity contribution in [2.75, 3.05) is 26.7 Å². The predicted octanol–water partition coefficient (Wildman–Crippen LogP) is 5.08. The Labute approximate surface area is 218 Å². The van der Waals surface area contributed by atoms with Gasteiger partial charge in [-0.25, -0.2) is 17.9 Å². The summed E-state index contributed by atoms with van der Waals surface area (Å²) in [5.74, 6) is 0. The lowest BCUT2D eigenvalue weighted by molar-refractivity contribution is 0.0523. The fourth-order valence-corrected chi connectivity index (χ4v) is 6.65. The van der Waals surface area contributed by atoms with Crippen LogP contribution in [0.4, 0.5) is 4.79 Å². The molecular weight excluding hydrogens is 494 g/mol. The highest BCUT2D eigenvalue weighted by molar-refractivity contribution is 7.91. The first kappa shape index (κ1) is 28.1. The number of nitrogens with one attached hydrogen (secondary N) is 2. The van der Waals surface area contributed by atoms with Crippen LogP contribution in [0.15, 0.2) is 52.7 Å². The molecule has 36 heavy (non-hydrogen) atoms. The summed E-state index contributed by atoms with van der Waals surface area (Å²) >= 11 is 1.32. The van der Waals surface area contributed by atoms with Gasteiger partial charge in [0.15, 0.2) is 0 Å². The van der Waals surface area contributed by atoms with Crippen molar-refractivity contribution in [1.29, 1.82) is 0 Å². The molecule has 0 saturated carbocycles. The van der Waals surface area contributed by atoms with Crippen molar-refractivity contribution in [2.24, 2.45) is 0 Å². The Morgan fingerprint density at radius 2 is 1.69 bits per heavy atom. The smallest absolute Gasteiger partial charge is 0.407 e. The first-order valence-corrected chi connectivity index (χ1v) is 14.5. The van der Waals surface area contributed by atoms with Crippen LogP contribution in [0, 0.1) is 6.92 Å². The highest BCUT2D eigenvalue weighted by atomic mass is 32.2. The van der Waals surface area contributed by atoms with Crippen molar-refractivity contribution < 1.29 is 17.9 Å². The third-order valence-electron chi connectivity index (χ3n) is 5.69. The average Bonchev–Trinajstić information content (AvgIpc) is 3.15. The Bertz CT molecular complexity index is 1260. The molecule has 0 spiro atoms. The molecule has 0 saturated heterocycles. The zero-order valence-electron chi connectivity index (χ0n) is 21.8. The molecule has 0 aliphatic rings. The van der Waals surface area contributed by atoms with Crippen LogP contribution < -0.4 is 10.0 Å². The number of nitrogens with zero attached hydrogens (tertiary/aromatic N) is 1. The van der Waals surface area contributed by atoms with Crippen LogP contribution in [0.1, 0.15) is 43.9 Å². The molecule has 7 nitrogen and oxygen atoms in total. The van der Waals surface area contributed by atoms with Gasteiger partial charge in [0.25, 0.3) is 0 Å². The summed E-state index contributed by atoms with van der Waals surface area (Å²) in [5, 5.41) is 3.76. The molecule has 0 atom stereocenters. The lowest BCUT2D eigenvalue weighted by Crippen LogP contribution is -2.33. The fourth-order valence-electron chi connectivity index (χ4n) is 3.82. The molecule has 3 rings (SSSR count). The summed E-state index contributed by atoms with van der Waals surface area (Å²) in [5.41, 5.74) is 2.54. The first-order valence-electron chi connectivity index (χ1n) is 12.2. The molecule has 0 fully saturated rings. The number of fused-ring (bicyclic) bond motifs is 1. The lowest BCUT2D eigenvalue weighted by Gasteiger charge is -2.19. The van der Waals surface area contributed by atoms with Gasteiger partial charge in [0.1, 0.15) is 9.81 Å². The normalized spacial score (nSPS) is 12.3. The molecule has 0 aliphatic heterocycles. The number of likely N-dealkylation sites (N-methyl/N-ethyl adjacent to an activating group) is 1. The van der Waals surface area contributed by atoms with E-state index < -0.39 is 21.7 Å². The van der Waals surface area contributed by atoms with E-state index in [2.05, 4.69) is 27.1 Å². The second kappa shape index (κ2) is 12.2. The molecule has 0 bridgehead atoms. The Hall–Kier alpha value is -2.46. The van der Waals surface area contributed by atoms with Crippen molar-refractivity contribution in [2.45, 2.75) is 56.9 Å². The quantitative estimate of drug-likeness (QED) is 0.360. The standard InChI is InChI=1S/C27H37N3O4S2/c1-20-23-10-6-7-11-24(23)35-25(20)36(32,33)29-16-18-30(5)17-8-9-21-12-14-22(15-13-21)19-28-26(31)34-27(2,3)4/h6-7,10-15,29H,8-9,16-19H2,1-5H3,(H,28,31). The predicted molar refractivity (Wildman–Crippen MR) is 147 cm³/mol. The Morgan fingerprint density at radius 1 is 1.03 bits per heavy atom. The number of carbonyl (C=O) groups is 1. The highest BCUT2D eigenvalue weighted by Gasteiger charge is 2.21. The van der Waals surface area contributed by atoms with Crippen LogP contribution in [0.3, 0.4) is 0 Å². The Balaban J connectivity index is 1.37. The maximum Gasteiger partial charge on any atom is 0.407 e. The molecule has 196 valence electrons. The van der Waals surface area contributed by atoms with Crippen molar-refractivity contribution in [3.63, 3.8) is 0 Å². The van der Waals surface area contributed by atoms with E-state index in [-0.39, 0.29) is 0 Å². The van der Waals surface area contributed by atoms with Crippen LogP contribution in [0.25, 0.3) is 10.1 Å². The van der Waals surface area contributed by atoms with Gasteiger partial charge < -0.3 is 15.0 Å². The van der Waals surface area contributed by atoms with Crippen LogP contribution in [0.5, 0.6) is 0 Å². The second-order valence-corrected chi connectivity index (χ2v) is 13.0. The number of ether oxygens (including phenoxy) is 1. The zero-order chi connectivity index (χ0) is 26.3. The van der Waals surface area contributed by atoms with Crippen LogP contribution in [-0.2, 0) is 27.7 Å². The molecular formula is C27H37N3O4S2. The molecule has 0 aliphatic carbocycles. The topological polar surface area (TPSA) is 87.7 Å². The number of hydrogen-bond acceptors (Lipinski definition) is 6. The second-order valence-electron chi connectivity index (χ2n) is 9.99. The van der Waals surface area contributed by atoms with Crippen molar-refractivity contribution in [1.82, 2.24) is 14.9 Å². The van der Waals surface area contributed by atoms with Gasteiger partial charge in [-0.15, -0.1) is 11.3 Å². The number of carbonyl (C=O) groups excluding carboxylic acids is 1. The molecule has 0 radical (unpaired) electrons. The highest BCUT2D eigenvalue weighted by Crippen LogP contribution is 2.33. The maximum atomic E-state index is 12.8. The molecule has 3 aromatic rings. The van der Waals surface area contributed by atoms with Crippen LogP contribution in [0.2, 0.25) is 0 Å². The third kappa shape index (κ3) is 8.30. The van der Waals surface area contributed by atoms with E-state index in [0.29, 0.717) is 23.8 Å². The average molecular weight is 532 g/mol. The molecule has 1 amide bonds. The summed E-state index contributed by atoms with van der Waals surface area (Å²) in [6.07, 6.45) is 1.47. The minimum absolute atomic E-state index is 0.367. The number of hydrogen-bond donors (Lipinski definition) is 2. The van der Waals surface area contributed by atoms with Crippen molar-refractivity contribution in [3.8, 4) is 0 Å². The molecule has 2 aromatic carbocycles. The third-order valence-corrected chi connectivity index (χ3v) is 9.05. The van der Waals surface area contributed by atoms with Gasteiger partial charge in [-0.2, -0.15) is 0 Å². The number of benzene rings is 2. The number of alkyl carbamates (subject to hydrolysis) is 1. The SMILES string of the molecule is Cc1c(S(=O)(=O)NCCN(C)CCCc2ccc(CNC(=O)OC(C)(C)C)cc2)sc2ccccc12. The zero-order valence-corrected chi connectivity index (χ0v) is 23.4. The molecule has 0 unspecified atom stereocenters. The van der Waals surface area contributed by atoms with Crippen molar-refractivity contribution >= 4 is 37.5 Å². The van der Waals surface area contributed by atoms with Gasteiger partial charge >= 0.3 is 6.09 Å². The van der Waals surface area contributed by atoms with Gasteiger partial charge in [-0.1, -0.05) is 42.5 Å². The van der Waals surface area contributed by atoms with E-state index in [1.807, 2.05) is 71.1 Å². The van der Waals surface area contributed by atoms with E-state index >= 15 is 0 Å². The fraction of sp³-hybridized carbons (Fsp3) is 0.444. The Kier molecular flexibility index (Phi) is 9.52. The van der Waals surface area contributed by atoms with Crippen LogP contribution in [-0.4, -0.2) is 51.7 Å². The van der Waals surface area contributed by atoms with Crippen LogP contribution >= 0.6 is 11.3 Å². The molecule has 1 heterocycles. The maximum absolute atomic E-state index is 12.8. The summed E-state index contributed by atoms with van der Waals surface area (Å²) in [7, 11) is -1.52. The number of sulfonamides is 1. The lowest BCUT2D eigenvalue weighted by atomic mass is 10.1. The van der Waals surface area contributed by atoms with E-state index in [9.17, 15) is 13.2 Å². The summed E-state index contributed by atoms with van der Waals surface area (Å²) in [6.45, 7) is 9.68. The van der Waals surface area contributed by atoms with E-state index in [0.717, 1.165) is 40.6 Å². The summed E-state index contributed by atoms with van der Waals surface area (Å²) in [6, 6.07) is 16.0. The molecule has 9 heteroatoms. The summed E-state index contributed by atoms with van der Waals surface area (Å²) in [4.78, 5) is 13.9. The molecule has 2 N–H and O–H groups in total. The minimum atomic E-state index is -3.53. The van der Waals surface area contributed by atoms with Gasteiger partial charge in [-0.3, -0.25) is 0 Å². The Morgan fingerprint density at radius 3 is 2.36 bits per heavy atom. The minimum Gasteiger partial charge on any atom is -0.444 e. The van der Waals surface area contributed by atoms with Gasteiger partial charge in [-0.05, 0) is 82.3 Å². The number of thiophene rings is 1. The largest absolute Gasteiger partial charge is 0.444 e. The number of aryl methyl sites for hydroxylation is 2. The number of rotatable bonds is 11. The van der Waals surface area contributed by atoms with Gasteiger partial charge in [0.2, 0.25) is 10.0 Å². The first-order chi connectivity index (χ1) is 16.9. The monoisotopic (exact) mass is 531 g/mol. The van der Waals surface area contributed by atoms with Gasteiger partial charge in [0, 0.05) is 24.3 Å². The van der Waals surface area contributed by atoms with Crippen molar-refractivity contribution in [3.05, 3.63) is 65.2 Å². The van der Waals surface area contributed by atoms with Gasteiger partial charge in [0.05, 0.1) is 0 Å². The van der Waals surface area contributed by atoms with E-state index in [1.165, 1.54) is 16.9 Å². The summed E-state index contributed by atoms with van der Waals surface area (Å²) < 4.78 is 35.0. The number of amides is 1. The van der Waals surface area contributed by atoms with E-state index in [1.54, 1.807) is 0 Å². The molecule has 1 aromatic heterocycles.